The van der Waals surface area contributed by atoms with Crippen molar-refractivity contribution in [3.8, 4) is 0 Å². The smallest absolute Gasteiger partial charge is 0.205 e. The Morgan fingerprint density at radius 1 is 0.875 bits per heavy atom. The topological polar surface area (TPSA) is 58.6 Å². The van der Waals surface area contributed by atoms with Gasteiger partial charge in [-0.3, -0.25) is 5.10 Å². The monoisotopic (exact) mass is 221 g/mol. The van der Waals surface area contributed by atoms with Gasteiger partial charge in [0.25, 0.3) is 0 Å². The van der Waals surface area contributed by atoms with Crippen LogP contribution in [0.5, 0.6) is 0 Å². The molecule has 0 atom stereocenters. The van der Waals surface area contributed by atoms with Crippen LogP contribution in [0.15, 0.2) is 0 Å². The van der Waals surface area contributed by atoms with E-state index in [-0.39, 0.29) is 0 Å². The number of hydrogen-bond donors (Lipinski definition) is 2. The molecule has 0 unspecified atom stereocenters. The summed E-state index contributed by atoms with van der Waals surface area (Å²) in [4.78, 5) is 0. The van der Waals surface area contributed by atoms with Gasteiger partial charge in [-0.25, -0.2) is 0 Å². The fraction of sp³-hybridized carbons (Fsp3) is 0.500. The Morgan fingerprint density at radius 2 is 1.50 bits per heavy atom. The van der Waals surface area contributed by atoms with Crippen molar-refractivity contribution < 1.29 is 5.10 Å². The van der Waals surface area contributed by atoms with Gasteiger partial charge in [-0.2, -0.15) is 10.2 Å². The molecular formula is C12H21N4+. The number of H-pyrrole nitrogens is 3. The lowest BCUT2D eigenvalue weighted by molar-refractivity contribution is -0.458. The maximum absolute atomic E-state index is 3.99. The van der Waals surface area contributed by atoms with Crippen molar-refractivity contribution in [3.63, 3.8) is 0 Å². The number of rotatable bonds is 0. The second-order valence-electron chi connectivity index (χ2n) is 4.18. The lowest BCUT2D eigenvalue weighted by Crippen LogP contribution is -2.04. The molecule has 2 aromatic heterocycles. The van der Waals surface area contributed by atoms with Gasteiger partial charge in [0.2, 0.25) is 5.69 Å². The van der Waals surface area contributed by atoms with Crippen molar-refractivity contribution in [2.24, 2.45) is 0 Å². The van der Waals surface area contributed by atoms with Crippen LogP contribution in [0.4, 0.5) is 0 Å². The minimum atomic E-state index is 1.10. The zero-order chi connectivity index (χ0) is 12.3. The molecule has 2 heterocycles. The van der Waals surface area contributed by atoms with Crippen molar-refractivity contribution >= 4 is 0 Å². The van der Waals surface area contributed by atoms with E-state index in [1.807, 2.05) is 13.8 Å². The van der Waals surface area contributed by atoms with Crippen LogP contribution in [0.2, 0.25) is 0 Å². The number of aromatic nitrogens is 4. The van der Waals surface area contributed by atoms with Gasteiger partial charge in [-0.1, -0.05) is 0 Å². The molecule has 2 aromatic rings. The highest BCUT2D eigenvalue weighted by Crippen LogP contribution is 2.04. The van der Waals surface area contributed by atoms with E-state index in [1.54, 1.807) is 0 Å². The van der Waals surface area contributed by atoms with Crippen LogP contribution in [-0.2, 0) is 0 Å². The Balaban J connectivity index is 0.000000160. The predicted molar refractivity (Wildman–Crippen MR) is 64.4 cm³/mol. The van der Waals surface area contributed by atoms with Crippen molar-refractivity contribution in [2.75, 3.05) is 0 Å². The Morgan fingerprint density at radius 3 is 1.62 bits per heavy atom. The standard InChI is InChI=1S/2C6H10N2/c2*1-4-5(2)7-8-6(4)3/h2*1-3H3,(H,7,8)/p+1. The van der Waals surface area contributed by atoms with E-state index in [0.717, 1.165) is 5.69 Å². The summed E-state index contributed by atoms with van der Waals surface area (Å²) in [7, 11) is 0. The molecule has 0 aliphatic heterocycles. The average molecular weight is 221 g/mol. The zero-order valence-corrected chi connectivity index (χ0v) is 10.9. The Hall–Kier alpha value is -1.58. The van der Waals surface area contributed by atoms with E-state index in [1.165, 1.54) is 28.2 Å². The zero-order valence-electron chi connectivity index (χ0n) is 10.9. The summed E-state index contributed by atoms with van der Waals surface area (Å²) in [6.45, 7) is 12.3. The van der Waals surface area contributed by atoms with Gasteiger partial charge in [-0.05, 0) is 40.2 Å². The predicted octanol–water partition coefficient (Wildman–Crippen LogP) is 2.09. The second-order valence-corrected chi connectivity index (χ2v) is 4.18. The minimum absolute atomic E-state index is 1.10. The molecule has 0 radical (unpaired) electrons. The minimum Gasteiger partial charge on any atom is -0.282 e. The summed E-state index contributed by atoms with van der Waals surface area (Å²) in [5.41, 5.74) is 7.31. The molecule has 0 fully saturated rings. The third kappa shape index (κ3) is 2.72. The van der Waals surface area contributed by atoms with Crippen molar-refractivity contribution in [1.29, 1.82) is 0 Å². The molecule has 0 spiro atoms. The molecule has 0 amide bonds. The van der Waals surface area contributed by atoms with Gasteiger partial charge in [0, 0.05) is 18.2 Å². The van der Waals surface area contributed by atoms with Gasteiger partial charge >= 0.3 is 0 Å². The highest BCUT2D eigenvalue weighted by atomic mass is 15.1. The van der Waals surface area contributed by atoms with E-state index < -0.39 is 0 Å². The van der Waals surface area contributed by atoms with Crippen LogP contribution in [0.25, 0.3) is 0 Å². The van der Waals surface area contributed by atoms with Crippen LogP contribution in [0, 0.1) is 41.5 Å². The molecule has 4 heteroatoms. The Bertz CT molecular complexity index is 382. The number of aryl methyl sites for hydroxylation is 4. The van der Waals surface area contributed by atoms with Crippen molar-refractivity contribution in [3.05, 3.63) is 33.9 Å². The maximum Gasteiger partial charge on any atom is 0.205 e. The fourth-order valence-electron chi connectivity index (χ4n) is 1.26. The van der Waals surface area contributed by atoms with Crippen molar-refractivity contribution in [1.82, 2.24) is 15.3 Å². The Labute approximate surface area is 96.5 Å². The molecule has 2 rings (SSSR count). The first-order valence-electron chi connectivity index (χ1n) is 5.45. The van der Waals surface area contributed by atoms with Crippen LogP contribution in [0.3, 0.4) is 0 Å². The summed E-state index contributed by atoms with van der Waals surface area (Å²) >= 11 is 0. The molecular weight excluding hydrogens is 200 g/mol. The molecule has 0 aliphatic rings. The van der Waals surface area contributed by atoms with Crippen LogP contribution >= 0.6 is 0 Å². The SMILES string of the molecule is Cc1[nH][nH+]c(C)c1C.Cc1n[nH]c(C)c1C. The number of nitrogens with zero attached hydrogens (tertiary/aromatic N) is 1. The van der Waals surface area contributed by atoms with E-state index in [9.17, 15) is 0 Å². The summed E-state index contributed by atoms with van der Waals surface area (Å²) in [6, 6.07) is 0. The molecule has 16 heavy (non-hydrogen) atoms. The quantitative estimate of drug-likeness (QED) is 0.703. The molecule has 0 saturated heterocycles. The van der Waals surface area contributed by atoms with Crippen LogP contribution < -0.4 is 5.10 Å². The van der Waals surface area contributed by atoms with Gasteiger partial charge in [-0.15, -0.1) is 5.10 Å². The molecule has 0 aliphatic carbocycles. The lowest BCUT2D eigenvalue weighted by atomic mass is 10.2. The molecule has 0 saturated carbocycles. The number of nitrogens with one attached hydrogen (secondary N) is 3. The third-order valence-electron chi connectivity index (χ3n) is 3.06. The fourth-order valence-corrected chi connectivity index (χ4v) is 1.26. The molecule has 4 nitrogen and oxygen atoms in total. The van der Waals surface area contributed by atoms with Gasteiger partial charge in [0.05, 0.1) is 11.4 Å². The van der Waals surface area contributed by atoms with Gasteiger partial charge in [0.1, 0.15) is 0 Å². The van der Waals surface area contributed by atoms with Gasteiger partial charge in [0.15, 0.2) is 0 Å². The first-order chi connectivity index (χ1) is 7.43. The number of hydrogen-bond acceptors (Lipinski definition) is 1. The summed E-state index contributed by atoms with van der Waals surface area (Å²) in [5, 5.41) is 12.9. The largest absolute Gasteiger partial charge is 0.282 e. The summed E-state index contributed by atoms with van der Waals surface area (Å²) in [5.74, 6) is 0. The van der Waals surface area contributed by atoms with Crippen LogP contribution in [-0.4, -0.2) is 15.3 Å². The first-order valence-corrected chi connectivity index (χ1v) is 5.45. The second kappa shape index (κ2) is 4.96. The van der Waals surface area contributed by atoms with Gasteiger partial charge < -0.3 is 0 Å². The maximum atomic E-state index is 3.99. The molecule has 3 N–H and O–H groups in total. The van der Waals surface area contributed by atoms with E-state index >= 15 is 0 Å². The number of aromatic amines is 3. The lowest BCUT2D eigenvalue weighted by Gasteiger charge is -1.83. The van der Waals surface area contributed by atoms with Crippen molar-refractivity contribution in [2.45, 2.75) is 41.5 Å². The normalized spacial score (nSPS) is 9.88. The highest BCUT2D eigenvalue weighted by Gasteiger charge is 2.03. The average Bonchev–Trinajstić information content (AvgIpc) is 2.70. The summed E-state index contributed by atoms with van der Waals surface area (Å²) in [6.07, 6.45) is 0. The Kier molecular flexibility index (Phi) is 3.88. The third-order valence-corrected chi connectivity index (χ3v) is 3.06. The first kappa shape index (κ1) is 12.5. The summed E-state index contributed by atoms with van der Waals surface area (Å²) < 4.78 is 0. The molecule has 0 bridgehead atoms. The van der Waals surface area contributed by atoms with E-state index in [0.29, 0.717) is 0 Å². The molecule has 0 aromatic carbocycles. The molecule has 88 valence electrons. The van der Waals surface area contributed by atoms with E-state index in [4.69, 9.17) is 0 Å². The van der Waals surface area contributed by atoms with Crippen LogP contribution in [0.1, 0.15) is 33.9 Å². The highest BCUT2D eigenvalue weighted by molar-refractivity contribution is 5.20. The van der Waals surface area contributed by atoms with E-state index in [2.05, 4.69) is 48.1 Å².